The predicted octanol–water partition coefficient (Wildman–Crippen LogP) is 3.03. The van der Waals surface area contributed by atoms with Crippen molar-refractivity contribution in [3.63, 3.8) is 0 Å². The largest absolute Gasteiger partial charge is 0.320 e. The smallest absolute Gasteiger partial charge is 0.273 e. The van der Waals surface area contributed by atoms with Gasteiger partial charge in [-0.15, -0.1) is 0 Å². The molecular formula is C20H23N3O5S. The van der Waals surface area contributed by atoms with Crippen LogP contribution in [0.1, 0.15) is 29.8 Å². The van der Waals surface area contributed by atoms with Crippen LogP contribution in [-0.2, 0) is 10.0 Å². The lowest BCUT2D eigenvalue weighted by Gasteiger charge is -2.32. The lowest BCUT2D eigenvalue weighted by atomic mass is 10.1. The zero-order valence-electron chi connectivity index (χ0n) is 16.5. The summed E-state index contributed by atoms with van der Waals surface area (Å²) < 4.78 is 27.9. The number of nitrogens with zero attached hydrogens (tertiary/aromatic N) is 3. The van der Waals surface area contributed by atoms with Gasteiger partial charge in [-0.2, -0.15) is 4.31 Å². The summed E-state index contributed by atoms with van der Waals surface area (Å²) in [5.74, 6) is -0.405. The van der Waals surface area contributed by atoms with Crippen molar-refractivity contribution in [3.05, 3.63) is 69.8 Å². The first-order valence-corrected chi connectivity index (χ1v) is 10.7. The number of hydrogen-bond donors (Lipinski definition) is 0. The zero-order chi connectivity index (χ0) is 21.3. The molecule has 0 saturated carbocycles. The molecule has 29 heavy (non-hydrogen) atoms. The number of amides is 1. The number of aryl methyl sites for hydroxylation is 1. The minimum Gasteiger partial charge on any atom is -0.320 e. The van der Waals surface area contributed by atoms with Gasteiger partial charge in [0.1, 0.15) is 6.17 Å². The highest BCUT2D eigenvalue weighted by molar-refractivity contribution is 7.89. The standard InChI is InChI=1S/C20H23N3O5S/c1-14(2)19-21(20(24)16-7-5-4-6-8-16)11-12-22(19)29(27,28)17-10-9-15(3)18(13-17)23(25)26/h4-10,13-14,19H,11-12H2,1-3H3. The number of nitro benzene ring substituents is 1. The molecule has 1 aliphatic heterocycles. The number of carbonyl (C=O) groups is 1. The monoisotopic (exact) mass is 417 g/mol. The first-order valence-electron chi connectivity index (χ1n) is 9.27. The molecule has 0 N–H and O–H groups in total. The van der Waals surface area contributed by atoms with E-state index in [1.54, 1.807) is 36.1 Å². The number of benzene rings is 2. The minimum atomic E-state index is -4.02. The second kappa shape index (κ2) is 7.92. The maximum atomic E-state index is 13.3. The van der Waals surface area contributed by atoms with Gasteiger partial charge in [-0.25, -0.2) is 8.42 Å². The molecule has 0 aromatic heterocycles. The fourth-order valence-electron chi connectivity index (χ4n) is 3.63. The summed E-state index contributed by atoms with van der Waals surface area (Å²) in [6.45, 7) is 5.64. The molecule has 1 aliphatic rings. The third-order valence-electron chi connectivity index (χ3n) is 5.04. The van der Waals surface area contributed by atoms with Crippen LogP contribution in [0.4, 0.5) is 5.69 Å². The Hall–Kier alpha value is -2.78. The molecule has 0 aliphatic carbocycles. The number of hydrogen-bond acceptors (Lipinski definition) is 5. The second-order valence-corrected chi connectivity index (χ2v) is 9.23. The third-order valence-corrected chi connectivity index (χ3v) is 6.90. The van der Waals surface area contributed by atoms with Crippen LogP contribution in [0.2, 0.25) is 0 Å². The molecule has 0 bridgehead atoms. The summed E-state index contributed by atoms with van der Waals surface area (Å²) in [5.41, 5.74) is 0.628. The Balaban J connectivity index is 1.98. The van der Waals surface area contributed by atoms with Gasteiger partial charge in [-0.1, -0.05) is 38.1 Å². The fraction of sp³-hybridized carbons (Fsp3) is 0.350. The molecule has 9 heteroatoms. The molecule has 1 atom stereocenters. The van der Waals surface area contributed by atoms with Crippen molar-refractivity contribution in [3.8, 4) is 0 Å². The average molecular weight is 417 g/mol. The molecule has 3 rings (SSSR count). The van der Waals surface area contributed by atoms with Crippen molar-refractivity contribution < 1.29 is 18.1 Å². The fourth-order valence-corrected chi connectivity index (χ4v) is 5.37. The highest BCUT2D eigenvalue weighted by Gasteiger charge is 2.44. The lowest BCUT2D eigenvalue weighted by Crippen LogP contribution is -2.47. The van der Waals surface area contributed by atoms with Crippen molar-refractivity contribution in [2.24, 2.45) is 5.92 Å². The van der Waals surface area contributed by atoms with E-state index < -0.39 is 21.1 Å². The van der Waals surface area contributed by atoms with Gasteiger partial charge in [0, 0.05) is 30.3 Å². The molecule has 1 unspecified atom stereocenters. The number of carbonyl (C=O) groups excluding carboxylic acids is 1. The van der Waals surface area contributed by atoms with E-state index in [0.29, 0.717) is 11.1 Å². The summed E-state index contributed by atoms with van der Waals surface area (Å²) in [4.78, 5) is 25.0. The van der Waals surface area contributed by atoms with Crippen molar-refractivity contribution in [2.75, 3.05) is 13.1 Å². The number of nitro groups is 1. The maximum Gasteiger partial charge on any atom is 0.273 e. The van der Waals surface area contributed by atoms with Gasteiger partial charge in [0.2, 0.25) is 10.0 Å². The SMILES string of the molecule is Cc1ccc(S(=O)(=O)N2CCN(C(=O)c3ccccc3)C2C(C)C)cc1[N+](=O)[O-]. The Morgan fingerprint density at radius 3 is 2.38 bits per heavy atom. The van der Waals surface area contributed by atoms with Crippen LogP contribution in [0.25, 0.3) is 0 Å². The van der Waals surface area contributed by atoms with Crippen molar-refractivity contribution in [1.29, 1.82) is 0 Å². The highest BCUT2D eigenvalue weighted by Crippen LogP contribution is 2.31. The van der Waals surface area contributed by atoms with E-state index in [-0.39, 0.29) is 35.5 Å². The number of rotatable bonds is 5. The van der Waals surface area contributed by atoms with E-state index in [1.165, 1.54) is 16.4 Å². The van der Waals surface area contributed by atoms with Gasteiger partial charge in [0.25, 0.3) is 11.6 Å². The first kappa shape index (κ1) is 20.9. The van der Waals surface area contributed by atoms with Crippen LogP contribution in [0.5, 0.6) is 0 Å². The second-order valence-electron chi connectivity index (χ2n) is 7.34. The van der Waals surface area contributed by atoms with Crippen LogP contribution in [0, 0.1) is 23.0 Å². The van der Waals surface area contributed by atoms with E-state index in [4.69, 9.17) is 0 Å². The van der Waals surface area contributed by atoms with E-state index in [1.807, 2.05) is 19.9 Å². The minimum absolute atomic E-state index is 0.130. The van der Waals surface area contributed by atoms with Crippen LogP contribution >= 0.6 is 0 Å². The summed E-state index contributed by atoms with van der Waals surface area (Å²) >= 11 is 0. The Labute approximate surface area is 169 Å². The van der Waals surface area contributed by atoms with E-state index in [0.717, 1.165) is 6.07 Å². The predicted molar refractivity (Wildman–Crippen MR) is 108 cm³/mol. The van der Waals surface area contributed by atoms with Crippen LogP contribution in [-0.4, -0.2) is 47.7 Å². The summed E-state index contributed by atoms with van der Waals surface area (Å²) in [7, 11) is -4.02. The van der Waals surface area contributed by atoms with Gasteiger partial charge in [-0.3, -0.25) is 14.9 Å². The quantitative estimate of drug-likeness (QED) is 0.550. The molecule has 2 aromatic rings. The van der Waals surface area contributed by atoms with Gasteiger partial charge < -0.3 is 4.90 Å². The molecule has 1 saturated heterocycles. The summed E-state index contributed by atoms with van der Waals surface area (Å²) in [6, 6.07) is 12.6. The van der Waals surface area contributed by atoms with Crippen LogP contribution in [0.3, 0.4) is 0 Å². The molecule has 1 fully saturated rings. The van der Waals surface area contributed by atoms with Crippen molar-refractivity contribution in [2.45, 2.75) is 31.8 Å². The third kappa shape index (κ3) is 3.88. The summed E-state index contributed by atoms with van der Waals surface area (Å²) in [6.07, 6.45) is -0.673. The Bertz CT molecular complexity index is 1040. The molecule has 1 amide bonds. The molecule has 2 aromatic carbocycles. The van der Waals surface area contributed by atoms with Crippen molar-refractivity contribution >= 4 is 21.6 Å². The molecule has 154 valence electrons. The van der Waals surface area contributed by atoms with Gasteiger partial charge in [-0.05, 0) is 31.0 Å². The van der Waals surface area contributed by atoms with Crippen molar-refractivity contribution in [1.82, 2.24) is 9.21 Å². The number of sulfonamides is 1. The van der Waals surface area contributed by atoms with E-state index in [2.05, 4.69) is 0 Å². The van der Waals surface area contributed by atoms with Gasteiger partial charge in [0.05, 0.1) is 9.82 Å². The van der Waals surface area contributed by atoms with Crippen LogP contribution in [0.15, 0.2) is 53.4 Å². The molecule has 1 heterocycles. The normalized spacial score (nSPS) is 17.7. The Morgan fingerprint density at radius 2 is 1.79 bits per heavy atom. The summed E-state index contributed by atoms with van der Waals surface area (Å²) in [5, 5.41) is 11.2. The lowest BCUT2D eigenvalue weighted by molar-refractivity contribution is -0.385. The topological polar surface area (TPSA) is 101 Å². The molecule has 8 nitrogen and oxygen atoms in total. The van der Waals surface area contributed by atoms with E-state index in [9.17, 15) is 23.3 Å². The molecule has 0 spiro atoms. The van der Waals surface area contributed by atoms with Gasteiger partial charge in [0.15, 0.2) is 0 Å². The Kier molecular flexibility index (Phi) is 5.72. The average Bonchev–Trinajstić information content (AvgIpc) is 3.14. The highest BCUT2D eigenvalue weighted by atomic mass is 32.2. The van der Waals surface area contributed by atoms with Crippen LogP contribution < -0.4 is 0 Å². The Morgan fingerprint density at radius 1 is 1.14 bits per heavy atom. The first-order chi connectivity index (χ1) is 13.6. The zero-order valence-corrected chi connectivity index (χ0v) is 17.3. The molecular weight excluding hydrogens is 394 g/mol. The molecule has 0 radical (unpaired) electrons. The van der Waals surface area contributed by atoms with E-state index >= 15 is 0 Å². The van der Waals surface area contributed by atoms with Gasteiger partial charge >= 0.3 is 0 Å². The maximum absolute atomic E-state index is 13.3.